The van der Waals surface area contributed by atoms with Gasteiger partial charge in [0.1, 0.15) is 12.3 Å². The molecule has 6 N–H and O–H groups in total. The monoisotopic (exact) mass is 613 g/mol. The minimum absolute atomic E-state index is 0.0729. The lowest BCUT2D eigenvalue weighted by molar-refractivity contribution is -0.133. The zero-order chi connectivity index (χ0) is 30.4. The first kappa shape index (κ1) is 32.6. The van der Waals surface area contributed by atoms with E-state index in [9.17, 15) is 9.59 Å². The zero-order valence-electron chi connectivity index (χ0n) is 25.3. The smallest absolute Gasteiger partial charge is 0.242 e. The van der Waals surface area contributed by atoms with Crippen LogP contribution < -0.4 is 21.5 Å². The van der Waals surface area contributed by atoms with Crippen LogP contribution in [-0.4, -0.2) is 65.7 Å². The van der Waals surface area contributed by atoms with Crippen LogP contribution in [-0.2, 0) is 9.59 Å². The first-order valence-corrected chi connectivity index (χ1v) is 16.3. The number of nitrogens with two attached hydrogens (primary N) is 2. The number of piperidine rings is 1. The molecule has 2 aliphatic carbocycles. The Labute approximate surface area is 260 Å². The lowest BCUT2D eigenvalue weighted by atomic mass is 9.93. The summed E-state index contributed by atoms with van der Waals surface area (Å²) in [6.45, 7) is 1.69. The third-order valence-corrected chi connectivity index (χ3v) is 8.97. The molecule has 3 aliphatic rings. The van der Waals surface area contributed by atoms with Crippen molar-refractivity contribution in [3.63, 3.8) is 0 Å². The molecule has 2 saturated carbocycles. The van der Waals surface area contributed by atoms with Crippen LogP contribution in [0.1, 0.15) is 95.1 Å². The van der Waals surface area contributed by atoms with Gasteiger partial charge in [0.05, 0.1) is 23.9 Å². The number of ether oxygens (including phenoxy) is 1. The van der Waals surface area contributed by atoms with Gasteiger partial charge in [0.2, 0.25) is 11.8 Å². The third kappa shape index (κ3) is 10.7. The zero-order valence-corrected chi connectivity index (χ0v) is 26.0. The van der Waals surface area contributed by atoms with Gasteiger partial charge in [-0.1, -0.05) is 69.4 Å². The number of nitrogens with one attached hydrogen (secondary N) is 2. The Bertz CT molecular complexity index is 1180. The van der Waals surface area contributed by atoms with Gasteiger partial charge in [0.15, 0.2) is 5.96 Å². The molecule has 0 atom stereocenters. The number of likely N-dealkylation sites (tertiary alicyclic amines) is 1. The number of benzene rings is 1. The minimum atomic E-state index is -0.399. The molecule has 0 bridgehead atoms. The number of hydrogen-bond donors (Lipinski definition) is 4. The van der Waals surface area contributed by atoms with Crippen LogP contribution in [0.2, 0.25) is 5.02 Å². The summed E-state index contributed by atoms with van der Waals surface area (Å²) < 4.78 is 5.96. The third-order valence-electron chi connectivity index (χ3n) is 8.65. The summed E-state index contributed by atoms with van der Waals surface area (Å²) in [5, 5.41) is 10.8. The maximum Gasteiger partial charge on any atom is 0.242 e. The molecule has 5 rings (SSSR count). The van der Waals surface area contributed by atoms with Gasteiger partial charge in [-0.15, -0.1) is 0 Å². The van der Waals surface area contributed by atoms with E-state index in [1.807, 2.05) is 24.3 Å². The molecule has 10 nitrogen and oxygen atoms in total. The number of nitrogens with zero attached hydrogens (tertiary/aromatic N) is 3. The van der Waals surface area contributed by atoms with Crippen molar-refractivity contribution < 1.29 is 14.3 Å². The second-order valence-corrected chi connectivity index (χ2v) is 12.4. The molecule has 1 aliphatic heterocycles. The van der Waals surface area contributed by atoms with Crippen molar-refractivity contribution in [2.45, 2.75) is 89.4 Å². The minimum Gasteiger partial charge on any atom is -0.493 e. The van der Waals surface area contributed by atoms with Gasteiger partial charge in [0, 0.05) is 30.3 Å². The van der Waals surface area contributed by atoms with E-state index in [0.717, 1.165) is 42.1 Å². The van der Waals surface area contributed by atoms with E-state index >= 15 is 0 Å². The second kappa shape index (κ2) is 17.1. The van der Waals surface area contributed by atoms with Crippen LogP contribution in [0.4, 0.5) is 0 Å². The molecule has 2 aromatic rings. The number of hydrogen-bond acceptors (Lipinski definition) is 5. The number of amides is 2. The average Bonchev–Trinajstić information content (AvgIpc) is 3.64. The van der Waals surface area contributed by atoms with Gasteiger partial charge in [-0.05, 0) is 55.9 Å². The lowest BCUT2D eigenvalue weighted by Crippen LogP contribution is -2.44. The molecule has 1 aromatic carbocycles. The molecule has 43 heavy (non-hydrogen) atoms. The van der Waals surface area contributed by atoms with E-state index in [4.69, 9.17) is 27.8 Å². The SMILES string of the molecule is C1CCCCCC1.NC(N)=NCC(=O)NCC(=O)N1CCC(c2cc(-c3ccc(OCC4CCCC4)cc3Cl)n[nH]2)CC1. The summed E-state index contributed by atoms with van der Waals surface area (Å²) >= 11 is 6.57. The molecule has 0 unspecified atom stereocenters. The number of guanidine groups is 1. The number of aliphatic imine (C=N–C) groups is 1. The molecule has 0 spiro atoms. The topological polar surface area (TPSA) is 152 Å². The maximum atomic E-state index is 12.4. The van der Waals surface area contributed by atoms with Crippen molar-refractivity contribution >= 4 is 29.4 Å². The van der Waals surface area contributed by atoms with Gasteiger partial charge in [0.25, 0.3) is 0 Å². The van der Waals surface area contributed by atoms with Crippen LogP contribution >= 0.6 is 11.6 Å². The number of halogens is 1. The molecule has 3 fully saturated rings. The molecule has 1 saturated heterocycles. The highest BCUT2D eigenvalue weighted by molar-refractivity contribution is 6.33. The van der Waals surface area contributed by atoms with E-state index in [-0.39, 0.29) is 30.9 Å². The Morgan fingerprint density at radius 1 is 0.977 bits per heavy atom. The largest absolute Gasteiger partial charge is 0.493 e. The molecule has 1 aromatic heterocycles. The lowest BCUT2D eigenvalue weighted by Gasteiger charge is -2.31. The van der Waals surface area contributed by atoms with E-state index in [1.165, 1.54) is 70.6 Å². The van der Waals surface area contributed by atoms with Gasteiger partial charge in [-0.2, -0.15) is 5.10 Å². The highest BCUT2D eigenvalue weighted by atomic mass is 35.5. The number of aromatic nitrogens is 2. The number of carbonyl (C=O) groups excluding carboxylic acids is 2. The Morgan fingerprint density at radius 2 is 1.63 bits per heavy atom. The Hall–Kier alpha value is -3.27. The van der Waals surface area contributed by atoms with Gasteiger partial charge < -0.3 is 26.4 Å². The van der Waals surface area contributed by atoms with Crippen LogP contribution in [0.25, 0.3) is 11.3 Å². The number of H-pyrrole nitrogens is 1. The van der Waals surface area contributed by atoms with Crippen LogP contribution in [0.5, 0.6) is 5.75 Å². The first-order chi connectivity index (χ1) is 20.9. The Morgan fingerprint density at radius 3 is 2.23 bits per heavy atom. The normalized spacial score (nSPS) is 17.8. The van der Waals surface area contributed by atoms with Crippen molar-refractivity contribution in [1.82, 2.24) is 20.4 Å². The fourth-order valence-corrected chi connectivity index (χ4v) is 6.32. The van der Waals surface area contributed by atoms with E-state index in [2.05, 4.69) is 20.5 Å². The summed E-state index contributed by atoms with van der Waals surface area (Å²) in [7, 11) is 0. The first-order valence-electron chi connectivity index (χ1n) is 16.0. The van der Waals surface area contributed by atoms with E-state index in [0.29, 0.717) is 24.0 Å². The Balaban J connectivity index is 0.000000530. The molecular weight excluding hydrogens is 566 g/mol. The van der Waals surface area contributed by atoms with Gasteiger partial charge in [-0.3, -0.25) is 14.7 Å². The summed E-state index contributed by atoms with van der Waals surface area (Å²) in [4.78, 5) is 29.5. The summed E-state index contributed by atoms with van der Waals surface area (Å²) in [5.74, 6) is 1.01. The fourth-order valence-electron chi connectivity index (χ4n) is 6.05. The highest BCUT2D eigenvalue weighted by Crippen LogP contribution is 2.34. The number of aromatic amines is 1. The number of carbonyl (C=O) groups is 2. The van der Waals surface area contributed by atoms with Crippen molar-refractivity contribution in [3.05, 3.63) is 35.0 Å². The van der Waals surface area contributed by atoms with Gasteiger partial charge >= 0.3 is 0 Å². The molecule has 2 heterocycles. The van der Waals surface area contributed by atoms with Gasteiger partial charge in [-0.25, -0.2) is 4.99 Å². The summed E-state index contributed by atoms with van der Waals surface area (Å²) in [6, 6.07) is 7.80. The highest BCUT2D eigenvalue weighted by Gasteiger charge is 2.25. The van der Waals surface area contributed by atoms with Crippen molar-refractivity contribution in [1.29, 1.82) is 0 Å². The fraction of sp³-hybridized carbons (Fsp3) is 0.625. The number of rotatable bonds is 9. The van der Waals surface area contributed by atoms with Crippen molar-refractivity contribution in [2.75, 3.05) is 32.8 Å². The summed E-state index contributed by atoms with van der Waals surface area (Å²) in [6.07, 6.45) is 17.2. The van der Waals surface area contributed by atoms with Crippen LogP contribution in [0.15, 0.2) is 29.3 Å². The predicted octanol–water partition coefficient (Wildman–Crippen LogP) is 5.13. The van der Waals surface area contributed by atoms with E-state index in [1.54, 1.807) is 4.90 Å². The van der Waals surface area contributed by atoms with Crippen LogP contribution in [0, 0.1) is 5.92 Å². The molecular formula is C32H48ClN7O3. The van der Waals surface area contributed by atoms with E-state index < -0.39 is 5.91 Å². The van der Waals surface area contributed by atoms with Crippen LogP contribution in [0.3, 0.4) is 0 Å². The molecule has 236 valence electrons. The van der Waals surface area contributed by atoms with Crippen molar-refractivity contribution in [2.24, 2.45) is 22.4 Å². The average molecular weight is 614 g/mol. The molecule has 2 amide bonds. The molecule has 0 radical (unpaired) electrons. The quantitative estimate of drug-likeness (QED) is 0.175. The Kier molecular flexibility index (Phi) is 13.0. The molecule has 11 heteroatoms. The second-order valence-electron chi connectivity index (χ2n) is 12.0. The standard InChI is InChI=1S/C25H34ClN7O3.C7H14/c26-20-11-18(36-15-16-3-1-2-4-16)5-6-19(20)22-12-21(31-32-22)17-7-9-33(10-8-17)24(35)14-29-23(34)13-30-25(27)28;1-2-4-6-7-5-3-1/h5-6,11-12,16-17H,1-4,7-10,13-15H2,(H,29,34)(H,31,32)(H4,27,28,30);1-7H2. The predicted molar refractivity (Wildman–Crippen MR) is 171 cm³/mol. The summed E-state index contributed by atoms with van der Waals surface area (Å²) in [5.41, 5.74) is 13.1. The maximum absolute atomic E-state index is 12.4. The van der Waals surface area contributed by atoms with Crippen molar-refractivity contribution in [3.8, 4) is 17.0 Å².